The zero-order valence-electron chi connectivity index (χ0n) is 20.2. The maximum Gasteiger partial charge on any atom is 0.256 e. The second-order valence-corrected chi connectivity index (χ2v) is 9.86. The SMILES string of the molecule is Cc1nc2ccc(-c3c[nH]c4nc(N[C@H]5CC[C@@H](N6CCCC6=O)CC5)ncc34)cc2n1CC(F)F. The lowest BCUT2D eigenvalue weighted by Crippen LogP contribution is -2.41. The molecule has 3 aromatic heterocycles. The largest absolute Gasteiger partial charge is 0.351 e. The molecule has 8 nitrogen and oxygen atoms in total. The summed E-state index contributed by atoms with van der Waals surface area (Å²) in [7, 11) is 0. The highest BCUT2D eigenvalue weighted by Crippen LogP contribution is 2.32. The highest BCUT2D eigenvalue weighted by molar-refractivity contribution is 5.95. The summed E-state index contributed by atoms with van der Waals surface area (Å²) in [5.74, 6) is 1.45. The van der Waals surface area contributed by atoms with Crippen molar-refractivity contribution in [3.05, 3.63) is 36.4 Å². The molecule has 1 saturated carbocycles. The van der Waals surface area contributed by atoms with E-state index < -0.39 is 6.43 Å². The molecule has 1 saturated heterocycles. The maximum atomic E-state index is 13.1. The molecule has 0 bridgehead atoms. The number of benzene rings is 1. The normalized spacial score (nSPS) is 20.8. The van der Waals surface area contributed by atoms with Gasteiger partial charge in [-0.3, -0.25) is 4.79 Å². The topological polar surface area (TPSA) is 91.7 Å². The Morgan fingerprint density at radius 1 is 1.19 bits per heavy atom. The Bertz CT molecular complexity index is 1420. The van der Waals surface area contributed by atoms with Crippen LogP contribution >= 0.6 is 0 Å². The van der Waals surface area contributed by atoms with Crippen LogP contribution in [0.4, 0.5) is 14.7 Å². The number of H-pyrrole nitrogens is 1. The van der Waals surface area contributed by atoms with Crippen LogP contribution in [0.1, 0.15) is 44.3 Å². The molecule has 4 aromatic rings. The van der Waals surface area contributed by atoms with Gasteiger partial charge in [0, 0.05) is 48.4 Å². The Labute approximate surface area is 207 Å². The summed E-state index contributed by atoms with van der Waals surface area (Å²) in [5, 5.41) is 4.34. The Kier molecular flexibility index (Phi) is 5.81. The molecule has 0 atom stereocenters. The van der Waals surface area contributed by atoms with Crippen molar-refractivity contribution in [2.75, 3.05) is 11.9 Å². The van der Waals surface area contributed by atoms with E-state index in [0.29, 0.717) is 41.2 Å². The standard InChI is InChI=1S/C26H29F2N7O/c1-15-31-21-9-4-16(11-22(21)35(15)14-23(27)28)19-12-29-25-20(19)13-30-26(33-25)32-17-5-7-18(8-6-17)34-10-2-3-24(34)36/h4,9,11-13,17-18,23H,2-3,5-8,10,14H2,1H3,(H2,29,30,32,33)/t17-,18+. The van der Waals surface area contributed by atoms with Crippen LogP contribution in [-0.4, -0.2) is 60.4 Å². The van der Waals surface area contributed by atoms with E-state index in [4.69, 9.17) is 0 Å². The molecule has 0 spiro atoms. The Morgan fingerprint density at radius 3 is 2.78 bits per heavy atom. The molecule has 1 aliphatic carbocycles. The minimum Gasteiger partial charge on any atom is -0.351 e. The first-order valence-corrected chi connectivity index (χ1v) is 12.6. The van der Waals surface area contributed by atoms with Gasteiger partial charge in [-0.15, -0.1) is 0 Å². The van der Waals surface area contributed by atoms with E-state index in [1.54, 1.807) is 17.7 Å². The third-order valence-corrected chi connectivity index (χ3v) is 7.58. The number of aromatic nitrogens is 5. The molecule has 188 valence electrons. The molecule has 1 aromatic carbocycles. The third kappa shape index (κ3) is 4.18. The number of halogens is 2. The quantitative estimate of drug-likeness (QED) is 0.399. The third-order valence-electron chi connectivity index (χ3n) is 7.58. The molecule has 6 rings (SSSR count). The van der Waals surface area contributed by atoms with Gasteiger partial charge in [-0.05, 0) is 56.7 Å². The summed E-state index contributed by atoms with van der Waals surface area (Å²) in [5.41, 5.74) is 3.91. The van der Waals surface area contributed by atoms with Gasteiger partial charge < -0.3 is 19.8 Å². The number of fused-ring (bicyclic) bond motifs is 2. The van der Waals surface area contributed by atoms with Gasteiger partial charge in [0.2, 0.25) is 11.9 Å². The lowest BCUT2D eigenvalue weighted by Gasteiger charge is -2.34. The number of likely N-dealkylation sites (tertiary alicyclic amines) is 1. The van der Waals surface area contributed by atoms with E-state index in [1.807, 2.05) is 24.4 Å². The molecule has 0 radical (unpaired) electrons. The number of rotatable bonds is 6. The van der Waals surface area contributed by atoms with E-state index in [9.17, 15) is 13.6 Å². The van der Waals surface area contributed by atoms with Crippen molar-refractivity contribution in [3.8, 4) is 11.1 Å². The fourth-order valence-corrected chi connectivity index (χ4v) is 5.76. The Morgan fingerprint density at radius 2 is 2.03 bits per heavy atom. The van der Waals surface area contributed by atoms with E-state index in [-0.39, 0.29) is 12.6 Å². The molecular weight excluding hydrogens is 464 g/mol. The number of aromatic amines is 1. The molecule has 1 amide bonds. The van der Waals surface area contributed by atoms with Crippen LogP contribution in [0.15, 0.2) is 30.6 Å². The monoisotopic (exact) mass is 493 g/mol. The number of carbonyl (C=O) groups excluding carboxylic acids is 1. The minimum atomic E-state index is -2.45. The summed E-state index contributed by atoms with van der Waals surface area (Å²) >= 11 is 0. The second kappa shape index (κ2) is 9.15. The lowest BCUT2D eigenvalue weighted by molar-refractivity contribution is -0.130. The molecule has 2 fully saturated rings. The number of imidazole rings is 1. The van der Waals surface area contributed by atoms with Crippen LogP contribution in [0.5, 0.6) is 0 Å². The van der Waals surface area contributed by atoms with E-state index >= 15 is 0 Å². The van der Waals surface area contributed by atoms with Gasteiger partial charge in [0.15, 0.2) is 0 Å². The summed E-state index contributed by atoms with van der Waals surface area (Å²) in [6.45, 7) is 2.26. The fraction of sp³-hybridized carbons (Fsp3) is 0.462. The number of anilines is 1. The van der Waals surface area contributed by atoms with Gasteiger partial charge in [0.05, 0.1) is 17.6 Å². The van der Waals surface area contributed by atoms with Gasteiger partial charge in [-0.25, -0.2) is 18.7 Å². The fourth-order valence-electron chi connectivity index (χ4n) is 5.76. The van der Waals surface area contributed by atoms with Crippen LogP contribution < -0.4 is 5.32 Å². The maximum absolute atomic E-state index is 13.1. The smallest absolute Gasteiger partial charge is 0.256 e. The summed E-state index contributed by atoms with van der Waals surface area (Å²) in [6, 6.07) is 6.36. The number of aryl methyl sites for hydroxylation is 1. The molecule has 10 heteroatoms. The molecule has 36 heavy (non-hydrogen) atoms. The number of alkyl halides is 2. The first kappa shape index (κ1) is 22.9. The highest BCUT2D eigenvalue weighted by atomic mass is 19.3. The Balaban J connectivity index is 1.19. The molecule has 1 aliphatic heterocycles. The van der Waals surface area contributed by atoms with Crippen LogP contribution in [0.2, 0.25) is 0 Å². The molecular formula is C26H29F2N7O. The Hall–Kier alpha value is -3.56. The summed E-state index contributed by atoms with van der Waals surface area (Å²) < 4.78 is 27.8. The highest BCUT2D eigenvalue weighted by Gasteiger charge is 2.31. The zero-order chi connectivity index (χ0) is 24.8. The van der Waals surface area contributed by atoms with Crippen molar-refractivity contribution in [2.24, 2.45) is 0 Å². The van der Waals surface area contributed by atoms with Crippen LogP contribution in [0, 0.1) is 6.92 Å². The second-order valence-electron chi connectivity index (χ2n) is 9.86. The number of hydrogen-bond acceptors (Lipinski definition) is 5. The molecule has 2 aliphatic rings. The van der Waals surface area contributed by atoms with Crippen LogP contribution in [0.25, 0.3) is 33.2 Å². The summed E-state index contributed by atoms with van der Waals surface area (Å²) in [4.78, 5) is 31.0. The van der Waals surface area contributed by atoms with Crippen molar-refractivity contribution in [2.45, 2.75) is 70.5 Å². The van der Waals surface area contributed by atoms with Gasteiger partial charge in [-0.1, -0.05) is 6.07 Å². The number of amides is 1. The first-order valence-electron chi connectivity index (χ1n) is 12.6. The van der Waals surface area contributed by atoms with Crippen molar-refractivity contribution in [1.82, 2.24) is 29.4 Å². The van der Waals surface area contributed by atoms with Crippen LogP contribution in [0.3, 0.4) is 0 Å². The predicted octanol–water partition coefficient (Wildman–Crippen LogP) is 4.89. The van der Waals surface area contributed by atoms with Crippen molar-refractivity contribution >= 4 is 33.9 Å². The van der Waals surface area contributed by atoms with Crippen molar-refractivity contribution in [3.63, 3.8) is 0 Å². The van der Waals surface area contributed by atoms with E-state index in [2.05, 4.69) is 30.2 Å². The van der Waals surface area contributed by atoms with Crippen molar-refractivity contribution < 1.29 is 13.6 Å². The van der Waals surface area contributed by atoms with Gasteiger partial charge in [0.25, 0.3) is 6.43 Å². The molecule has 2 N–H and O–H groups in total. The molecule has 0 unspecified atom stereocenters. The van der Waals surface area contributed by atoms with Crippen LogP contribution in [-0.2, 0) is 11.3 Å². The van der Waals surface area contributed by atoms with Gasteiger partial charge in [-0.2, -0.15) is 4.98 Å². The average molecular weight is 494 g/mol. The number of hydrogen-bond donors (Lipinski definition) is 2. The lowest BCUT2D eigenvalue weighted by atomic mass is 9.90. The minimum absolute atomic E-state index is 0.284. The number of carbonyl (C=O) groups is 1. The van der Waals surface area contributed by atoms with Crippen molar-refractivity contribution in [1.29, 1.82) is 0 Å². The predicted molar refractivity (Wildman–Crippen MR) is 134 cm³/mol. The zero-order valence-corrected chi connectivity index (χ0v) is 20.2. The molecule has 4 heterocycles. The van der Waals surface area contributed by atoms with E-state index in [1.165, 1.54) is 0 Å². The average Bonchev–Trinajstić information content (AvgIpc) is 3.56. The first-order chi connectivity index (χ1) is 17.5. The number of nitrogens with one attached hydrogen (secondary N) is 2. The summed E-state index contributed by atoms with van der Waals surface area (Å²) in [6.07, 6.45) is 6.88. The van der Waals surface area contributed by atoms with Gasteiger partial charge >= 0.3 is 0 Å². The number of nitrogens with zero attached hydrogens (tertiary/aromatic N) is 5. The van der Waals surface area contributed by atoms with Gasteiger partial charge in [0.1, 0.15) is 11.5 Å². The van der Waals surface area contributed by atoms with E-state index in [0.717, 1.165) is 60.8 Å².